The summed E-state index contributed by atoms with van der Waals surface area (Å²) in [5.74, 6) is 0. The summed E-state index contributed by atoms with van der Waals surface area (Å²) in [6.07, 6.45) is 10.3. The average molecular weight is 463 g/mol. The molecule has 2 atom stereocenters. The summed E-state index contributed by atoms with van der Waals surface area (Å²) >= 11 is 0. The van der Waals surface area contributed by atoms with Gasteiger partial charge in [-0.2, -0.15) is 0 Å². The van der Waals surface area contributed by atoms with Crippen LogP contribution in [0.5, 0.6) is 0 Å². The molecule has 4 heterocycles. The minimum Gasteiger partial charge on any atom is -0.380 e. The topological polar surface area (TPSA) is 46.2 Å². The van der Waals surface area contributed by atoms with Gasteiger partial charge in [-0.1, -0.05) is 27.7 Å². The van der Waals surface area contributed by atoms with Crippen LogP contribution in [-0.4, -0.2) is 65.1 Å². The number of hydrogen-bond acceptors (Lipinski definition) is 5. The third-order valence-corrected chi connectivity index (χ3v) is 11.9. The summed E-state index contributed by atoms with van der Waals surface area (Å²) in [5.41, 5.74) is 1.38. The third kappa shape index (κ3) is 2.84. The zero-order chi connectivity index (χ0) is 23.0. The highest BCUT2D eigenvalue weighted by Gasteiger charge is 2.75. The lowest BCUT2D eigenvalue weighted by molar-refractivity contribution is -0.318. The van der Waals surface area contributed by atoms with Gasteiger partial charge >= 0.3 is 0 Å². The summed E-state index contributed by atoms with van der Waals surface area (Å²) in [4.78, 5) is 0. The molecule has 0 spiro atoms. The largest absolute Gasteiger partial charge is 0.380 e. The van der Waals surface area contributed by atoms with Gasteiger partial charge in [0, 0.05) is 32.5 Å². The van der Waals surface area contributed by atoms with E-state index < -0.39 is 0 Å². The summed E-state index contributed by atoms with van der Waals surface area (Å²) in [7, 11) is 0. The summed E-state index contributed by atoms with van der Waals surface area (Å²) < 4.78 is 31.4. The molecule has 2 aliphatic carbocycles. The fourth-order valence-corrected chi connectivity index (χ4v) is 8.46. The van der Waals surface area contributed by atoms with Crippen molar-refractivity contribution in [2.24, 2.45) is 32.5 Å². The van der Waals surface area contributed by atoms with Crippen LogP contribution in [0.4, 0.5) is 0 Å². The van der Waals surface area contributed by atoms with Gasteiger partial charge in [0.2, 0.25) is 0 Å². The third-order valence-electron chi connectivity index (χ3n) is 11.9. The molecule has 0 aromatic rings. The van der Waals surface area contributed by atoms with Crippen molar-refractivity contribution in [1.82, 2.24) is 0 Å². The van der Waals surface area contributed by atoms with Gasteiger partial charge in [-0.25, -0.2) is 0 Å². The molecule has 0 aromatic heterocycles. The Bertz CT molecular complexity index is 653. The van der Waals surface area contributed by atoms with Crippen LogP contribution in [0.1, 0.15) is 79.1 Å². The minimum absolute atomic E-state index is 0.150. The Morgan fingerprint density at radius 1 is 0.515 bits per heavy atom. The van der Waals surface area contributed by atoms with E-state index >= 15 is 0 Å². The van der Waals surface area contributed by atoms with Crippen molar-refractivity contribution >= 4 is 0 Å². The van der Waals surface area contributed by atoms with Crippen LogP contribution in [0.15, 0.2) is 0 Å². The molecule has 4 aliphatic heterocycles. The smallest absolute Gasteiger partial charge is 0.0742 e. The molecule has 0 aromatic carbocycles. The molecule has 0 bridgehead atoms. The Hall–Kier alpha value is -0.200. The molecular formula is C28H46O5. The van der Waals surface area contributed by atoms with Gasteiger partial charge in [0.25, 0.3) is 0 Å². The quantitative estimate of drug-likeness (QED) is 0.408. The lowest BCUT2D eigenvalue weighted by Gasteiger charge is -2.62. The van der Waals surface area contributed by atoms with Crippen molar-refractivity contribution in [3.63, 3.8) is 0 Å². The summed E-state index contributed by atoms with van der Waals surface area (Å²) in [5, 5.41) is 0. The Balaban J connectivity index is 1.41. The van der Waals surface area contributed by atoms with E-state index in [9.17, 15) is 0 Å². The second kappa shape index (κ2) is 7.65. The molecule has 0 amide bonds. The van der Waals surface area contributed by atoms with Gasteiger partial charge in [0.15, 0.2) is 0 Å². The van der Waals surface area contributed by atoms with E-state index in [2.05, 4.69) is 27.7 Å². The zero-order valence-corrected chi connectivity index (χ0v) is 21.5. The zero-order valence-electron chi connectivity index (χ0n) is 21.5. The predicted molar refractivity (Wildman–Crippen MR) is 126 cm³/mol. The van der Waals surface area contributed by atoms with E-state index in [1.807, 2.05) is 0 Å². The van der Waals surface area contributed by atoms with E-state index in [0.29, 0.717) is 0 Å². The predicted octanol–water partition coefficient (Wildman–Crippen LogP) is 5.01. The highest BCUT2D eigenvalue weighted by Crippen LogP contribution is 2.73. The SMILES string of the molecule is CCC1(C(OC(C2(CC)COC2)C2(C3(CC)COC3)CC2)C2(C3(CC)COC3)CC2)COC1. The monoisotopic (exact) mass is 462 g/mol. The van der Waals surface area contributed by atoms with Crippen molar-refractivity contribution in [1.29, 1.82) is 0 Å². The minimum atomic E-state index is 0.150. The summed E-state index contributed by atoms with van der Waals surface area (Å²) in [6, 6.07) is 0. The Kier molecular flexibility index (Phi) is 5.38. The highest BCUT2D eigenvalue weighted by molar-refractivity contribution is 5.22. The van der Waals surface area contributed by atoms with Gasteiger partial charge < -0.3 is 23.7 Å². The van der Waals surface area contributed by atoms with Crippen LogP contribution in [-0.2, 0) is 23.7 Å². The molecule has 33 heavy (non-hydrogen) atoms. The maximum Gasteiger partial charge on any atom is 0.0742 e. The molecule has 2 unspecified atom stereocenters. The van der Waals surface area contributed by atoms with Crippen LogP contribution in [0.25, 0.3) is 0 Å². The normalized spacial score (nSPS) is 34.5. The van der Waals surface area contributed by atoms with Crippen molar-refractivity contribution in [2.45, 2.75) is 91.3 Å². The van der Waals surface area contributed by atoms with Crippen LogP contribution in [0.3, 0.4) is 0 Å². The second-order valence-electron chi connectivity index (χ2n) is 12.9. The molecule has 6 rings (SSSR count). The lowest BCUT2D eigenvalue weighted by Crippen LogP contribution is -2.68. The summed E-state index contributed by atoms with van der Waals surface area (Å²) in [6.45, 7) is 16.5. The van der Waals surface area contributed by atoms with Crippen LogP contribution in [0, 0.1) is 32.5 Å². The van der Waals surface area contributed by atoms with Gasteiger partial charge in [0.1, 0.15) is 0 Å². The van der Waals surface area contributed by atoms with Gasteiger partial charge in [-0.05, 0) is 51.4 Å². The average Bonchev–Trinajstić information content (AvgIpc) is 3.60. The van der Waals surface area contributed by atoms with E-state index in [0.717, 1.165) is 65.7 Å². The fraction of sp³-hybridized carbons (Fsp3) is 1.00. The molecule has 0 radical (unpaired) electrons. The Labute approximate surface area is 200 Å². The molecular weight excluding hydrogens is 416 g/mol. The molecule has 5 heteroatoms. The Morgan fingerprint density at radius 2 is 0.848 bits per heavy atom. The van der Waals surface area contributed by atoms with Crippen molar-refractivity contribution < 1.29 is 23.7 Å². The molecule has 0 N–H and O–H groups in total. The van der Waals surface area contributed by atoms with Crippen LogP contribution >= 0.6 is 0 Å². The van der Waals surface area contributed by atoms with Gasteiger partial charge in [0.05, 0.1) is 65.1 Å². The maximum absolute atomic E-state index is 7.80. The van der Waals surface area contributed by atoms with E-state index in [-0.39, 0.29) is 44.7 Å². The molecule has 6 fully saturated rings. The van der Waals surface area contributed by atoms with Gasteiger partial charge in [-0.3, -0.25) is 0 Å². The fourth-order valence-electron chi connectivity index (χ4n) is 8.46. The van der Waals surface area contributed by atoms with Crippen molar-refractivity contribution in [2.75, 3.05) is 52.9 Å². The number of rotatable bonds is 12. The first-order chi connectivity index (χ1) is 16.0. The standard InChI is InChI=1S/C28H46O5/c1-5-23(13-29-14-23)21(27(9-10-27)25(7-3)17-31-18-25)33-22(24(6-2)15-30-16-24)28(11-12-28)26(8-4)19-32-20-26/h21-22H,5-20H2,1-4H3. The molecule has 188 valence electrons. The molecule has 6 aliphatic rings. The first-order valence-corrected chi connectivity index (χ1v) is 13.9. The van der Waals surface area contributed by atoms with Gasteiger partial charge in [-0.15, -0.1) is 0 Å². The number of ether oxygens (including phenoxy) is 5. The molecule has 4 saturated heterocycles. The van der Waals surface area contributed by atoms with Crippen molar-refractivity contribution in [3.05, 3.63) is 0 Å². The highest BCUT2D eigenvalue weighted by atomic mass is 16.5. The van der Waals surface area contributed by atoms with Crippen LogP contribution in [0.2, 0.25) is 0 Å². The van der Waals surface area contributed by atoms with E-state index in [4.69, 9.17) is 23.7 Å². The van der Waals surface area contributed by atoms with E-state index in [1.54, 1.807) is 0 Å². The molecule has 5 nitrogen and oxygen atoms in total. The van der Waals surface area contributed by atoms with E-state index in [1.165, 1.54) is 38.5 Å². The molecule has 2 saturated carbocycles. The Morgan fingerprint density at radius 3 is 1.00 bits per heavy atom. The first kappa shape index (κ1) is 23.2. The first-order valence-electron chi connectivity index (χ1n) is 13.9. The maximum atomic E-state index is 7.80. The van der Waals surface area contributed by atoms with Crippen molar-refractivity contribution in [3.8, 4) is 0 Å². The number of hydrogen-bond donors (Lipinski definition) is 0. The van der Waals surface area contributed by atoms with Crippen LogP contribution < -0.4 is 0 Å². The lowest BCUT2D eigenvalue weighted by atomic mass is 9.57. The second-order valence-corrected chi connectivity index (χ2v) is 12.9.